The zero-order chi connectivity index (χ0) is 17.6. The summed E-state index contributed by atoms with van der Waals surface area (Å²) in [5.74, 6) is 1.66. The number of thiazole rings is 1. The first-order valence-corrected chi connectivity index (χ1v) is 10.7. The maximum atomic E-state index is 11.7. The van der Waals surface area contributed by atoms with Crippen LogP contribution in [0.2, 0.25) is 0 Å². The lowest BCUT2D eigenvalue weighted by Crippen LogP contribution is -2.12. The first-order chi connectivity index (χ1) is 11.9. The monoisotopic (exact) mass is 374 g/mol. The number of aryl methyl sites for hydroxylation is 2. The molecule has 1 atom stereocenters. The number of rotatable bonds is 4. The minimum absolute atomic E-state index is 0.0490. The van der Waals surface area contributed by atoms with Gasteiger partial charge in [0.25, 0.3) is 0 Å². The standard InChI is InChI=1S/C17H18N4O2S2/c1-3-16-19-17(8-12-6-7-25(22,23)10-12)21(20-16)13-4-5-14-15(9-13)24-11(2)18-14/h4-7,9,12H,3,8,10H2,1-2H3. The SMILES string of the molecule is CCc1nc(CC2C=CS(=O)(=O)C2)n(-c2ccc3nc(C)sc3c2)n1. The van der Waals surface area contributed by atoms with Gasteiger partial charge >= 0.3 is 0 Å². The summed E-state index contributed by atoms with van der Waals surface area (Å²) < 4.78 is 26.3. The van der Waals surface area contributed by atoms with Crippen molar-refractivity contribution < 1.29 is 8.42 Å². The van der Waals surface area contributed by atoms with E-state index in [1.54, 1.807) is 17.4 Å². The average Bonchev–Trinajstić information content (AvgIpc) is 3.22. The van der Waals surface area contributed by atoms with Gasteiger partial charge in [0.2, 0.25) is 0 Å². The Morgan fingerprint density at radius 1 is 1.32 bits per heavy atom. The Morgan fingerprint density at radius 2 is 2.16 bits per heavy atom. The normalized spacial score (nSPS) is 19.0. The molecule has 2 aromatic heterocycles. The molecule has 0 fully saturated rings. The summed E-state index contributed by atoms with van der Waals surface area (Å²) >= 11 is 1.65. The van der Waals surface area contributed by atoms with Crippen LogP contribution in [0.25, 0.3) is 15.9 Å². The third-order valence-corrected chi connectivity index (χ3v) is 6.61. The molecule has 1 aliphatic rings. The number of fused-ring (bicyclic) bond motifs is 1. The second kappa shape index (κ2) is 6.03. The van der Waals surface area contributed by atoms with Gasteiger partial charge in [-0.15, -0.1) is 11.3 Å². The summed E-state index contributed by atoms with van der Waals surface area (Å²) in [6, 6.07) is 6.05. The highest BCUT2D eigenvalue weighted by atomic mass is 32.2. The molecule has 0 saturated carbocycles. The molecule has 1 unspecified atom stereocenters. The van der Waals surface area contributed by atoms with Crippen LogP contribution in [0.1, 0.15) is 23.6 Å². The summed E-state index contributed by atoms with van der Waals surface area (Å²) in [6.45, 7) is 4.01. The molecule has 0 amide bonds. The molecule has 1 aromatic carbocycles. The molecule has 8 heteroatoms. The predicted molar refractivity (Wildman–Crippen MR) is 98.8 cm³/mol. The molecule has 0 saturated heterocycles. The van der Waals surface area contributed by atoms with E-state index < -0.39 is 9.84 Å². The third-order valence-electron chi connectivity index (χ3n) is 4.21. The van der Waals surface area contributed by atoms with Crippen molar-refractivity contribution in [2.45, 2.75) is 26.7 Å². The maximum Gasteiger partial charge on any atom is 0.171 e. The van der Waals surface area contributed by atoms with Crippen LogP contribution in [0.4, 0.5) is 0 Å². The maximum absolute atomic E-state index is 11.7. The number of nitrogens with zero attached hydrogens (tertiary/aromatic N) is 4. The second-order valence-corrected chi connectivity index (χ2v) is 9.38. The van der Waals surface area contributed by atoms with Crippen LogP contribution in [0.5, 0.6) is 0 Å². The van der Waals surface area contributed by atoms with Gasteiger partial charge < -0.3 is 0 Å². The van der Waals surface area contributed by atoms with Gasteiger partial charge in [0.1, 0.15) is 5.82 Å². The van der Waals surface area contributed by atoms with Crippen LogP contribution in [-0.4, -0.2) is 33.9 Å². The van der Waals surface area contributed by atoms with Crippen molar-refractivity contribution in [3.8, 4) is 5.69 Å². The van der Waals surface area contributed by atoms with Gasteiger partial charge in [-0.25, -0.2) is 23.1 Å². The first-order valence-electron chi connectivity index (χ1n) is 8.17. The van der Waals surface area contributed by atoms with Gasteiger partial charge in [-0.3, -0.25) is 0 Å². The van der Waals surface area contributed by atoms with E-state index in [4.69, 9.17) is 0 Å². The Hall–Kier alpha value is -2.06. The summed E-state index contributed by atoms with van der Waals surface area (Å²) in [7, 11) is -3.06. The van der Waals surface area contributed by atoms with Crippen LogP contribution in [0.15, 0.2) is 29.7 Å². The van der Waals surface area contributed by atoms with Gasteiger partial charge in [-0.2, -0.15) is 5.10 Å². The van der Waals surface area contributed by atoms with E-state index in [9.17, 15) is 8.42 Å². The van der Waals surface area contributed by atoms with Gasteiger partial charge in [0.15, 0.2) is 15.7 Å². The number of sulfone groups is 1. The van der Waals surface area contributed by atoms with Gasteiger partial charge in [0.05, 0.1) is 26.7 Å². The lowest BCUT2D eigenvalue weighted by Gasteiger charge is -2.09. The molecule has 6 nitrogen and oxygen atoms in total. The number of hydrogen-bond donors (Lipinski definition) is 0. The molecule has 3 aromatic rings. The van der Waals surface area contributed by atoms with Crippen LogP contribution in [0, 0.1) is 12.8 Å². The second-order valence-electron chi connectivity index (χ2n) is 6.22. The highest BCUT2D eigenvalue weighted by Gasteiger charge is 2.24. The Balaban J connectivity index is 1.72. The van der Waals surface area contributed by atoms with Crippen molar-refractivity contribution in [3.63, 3.8) is 0 Å². The van der Waals surface area contributed by atoms with Gasteiger partial charge in [0, 0.05) is 18.2 Å². The van der Waals surface area contributed by atoms with Gasteiger partial charge in [-0.05, 0) is 31.0 Å². The first kappa shape index (κ1) is 16.4. The molecule has 3 heterocycles. The minimum Gasteiger partial charge on any atom is -0.242 e. The fourth-order valence-electron chi connectivity index (χ4n) is 3.04. The topological polar surface area (TPSA) is 77.7 Å². The minimum atomic E-state index is -3.06. The van der Waals surface area contributed by atoms with Crippen LogP contribution >= 0.6 is 11.3 Å². The molecule has 0 bridgehead atoms. The molecule has 130 valence electrons. The molecule has 25 heavy (non-hydrogen) atoms. The highest BCUT2D eigenvalue weighted by Crippen LogP contribution is 2.26. The largest absolute Gasteiger partial charge is 0.242 e. The smallest absolute Gasteiger partial charge is 0.171 e. The van der Waals surface area contributed by atoms with Crippen LogP contribution in [0.3, 0.4) is 0 Å². The molecular formula is C17H18N4O2S2. The van der Waals surface area contributed by atoms with E-state index >= 15 is 0 Å². The zero-order valence-electron chi connectivity index (χ0n) is 14.0. The lowest BCUT2D eigenvalue weighted by molar-refractivity contribution is 0.593. The Bertz CT molecular complexity index is 1080. The van der Waals surface area contributed by atoms with E-state index in [0.29, 0.717) is 6.42 Å². The summed E-state index contributed by atoms with van der Waals surface area (Å²) in [4.78, 5) is 9.10. The number of benzene rings is 1. The van der Waals surface area contributed by atoms with Gasteiger partial charge in [-0.1, -0.05) is 13.0 Å². The molecule has 0 spiro atoms. The van der Waals surface area contributed by atoms with Crippen molar-refractivity contribution in [2.24, 2.45) is 5.92 Å². The van der Waals surface area contributed by atoms with E-state index in [2.05, 4.69) is 21.1 Å². The van der Waals surface area contributed by atoms with Crippen LogP contribution < -0.4 is 0 Å². The fourth-order valence-corrected chi connectivity index (χ4v) is 5.30. The Morgan fingerprint density at radius 3 is 2.88 bits per heavy atom. The summed E-state index contributed by atoms with van der Waals surface area (Å²) in [5, 5.41) is 6.95. The summed E-state index contributed by atoms with van der Waals surface area (Å²) in [5.41, 5.74) is 1.91. The number of allylic oxidation sites excluding steroid dienone is 1. The van der Waals surface area contributed by atoms with Crippen molar-refractivity contribution in [1.29, 1.82) is 0 Å². The van der Waals surface area contributed by atoms with E-state index in [1.807, 2.05) is 30.7 Å². The molecule has 4 rings (SSSR count). The quantitative estimate of drug-likeness (QED) is 0.702. The molecule has 1 aliphatic heterocycles. The van der Waals surface area contributed by atoms with Crippen molar-refractivity contribution in [2.75, 3.05) is 5.75 Å². The fraction of sp³-hybridized carbons (Fsp3) is 0.353. The Kier molecular flexibility index (Phi) is 3.96. The number of aromatic nitrogens is 4. The molecule has 0 aliphatic carbocycles. The van der Waals surface area contributed by atoms with Crippen molar-refractivity contribution in [3.05, 3.63) is 46.3 Å². The lowest BCUT2D eigenvalue weighted by atomic mass is 10.1. The predicted octanol–water partition coefficient (Wildman–Crippen LogP) is 2.85. The average molecular weight is 374 g/mol. The summed E-state index contributed by atoms with van der Waals surface area (Å²) in [6.07, 6.45) is 3.05. The molecular weight excluding hydrogens is 356 g/mol. The van der Waals surface area contributed by atoms with Crippen molar-refractivity contribution in [1.82, 2.24) is 19.7 Å². The molecule has 0 N–H and O–H groups in total. The zero-order valence-corrected chi connectivity index (χ0v) is 15.6. The number of hydrogen-bond acceptors (Lipinski definition) is 6. The highest BCUT2D eigenvalue weighted by molar-refractivity contribution is 7.94. The van der Waals surface area contributed by atoms with Crippen LogP contribution in [-0.2, 0) is 22.7 Å². The molecule has 0 radical (unpaired) electrons. The van der Waals surface area contributed by atoms with Crippen molar-refractivity contribution >= 4 is 31.4 Å². The van der Waals surface area contributed by atoms with E-state index in [1.165, 1.54) is 5.41 Å². The van der Waals surface area contributed by atoms with E-state index in [-0.39, 0.29) is 11.7 Å². The third kappa shape index (κ3) is 3.23. The Labute approximate surface area is 150 Å². The van der Waals surface area contributed by atoms with E-state index in [0.717, 1.165) is 39.0 Å².